The van der Waals surface area contributed by atoms with Gasteiger partial charge in [-0.15, -0.1) is 0 Å². The second-order valence-electron chi connectivity index (χ2n) is 8.75. The molecule has 0 bridgehead atoms. The summed E-state index contributed by atoms with van der Waals surface area (Å²) in [6.45, 7) is 6.14. The first-order valence-corrected chi connectivity index (χ1v) is 10.3. The lowest BCUT2D eigenvalue weighted by atomic mass is 9.77. The molecule has 2 fully saturated rings. The van der Waals surface area contributed by atoms with E-state index < -0.39 is 11.6 Å². The zero-order valence-electron chi connectivity index (χ0n) is 17.0. The molecule has 152 valence electrons. The standard InChI is InChI=1S/C22H31N3O3/c1-15(2)13-18(17-7-5-4-6-8-17)23-19(26)14-25-20(27)22(24-21(25)28)11-9-16(3)10-12-22/h4-8,15-16,18H,9-14H2,1-3H3,(H,23,26)(H,24,28)/t16?,18-,22?/m0/s1. The number of carbonyl (C=O) groups is 3. The van der Waals surface area contributed by atoms with E-state index in [0.717, 1.165) is 29.7 Å². The Balaban J connectivity index is 1.66. The first-order chi connectivity index (χ1) is 13.3. The minimum atomic E-state index is -0.805. The van der Waals surface area contributed by atoms with E-state index in [9.17, 15) is 14.4 Å². The van der Waals surface area contributed by atoms with E-state index in [1.807, 2.05) is 30.3 Å². The molecule has 2 N–H and O–H groups in total. The number of nitrogens with one attached hydrogen (secondary N) is 2. The van der Waals surface area contributed by atoms with Gasteiger partial charge >= 0.3 is 6.03 Å². The van der Waals surface area contributed by atoms with Crippen molar-refractivity contribution in [1.82, 2.24) is 15.5 Å². The molecule has 1 aromatic carbocycles. The fraction of sp³-hybridized carbons (Fsp3) is 0.591. The Morgan fingerprint density at radius 1 is 1.21 bits per heavy atom. The summed E-state index contributed by atoms with van der Waals surface area (Å²) in [6.07, 6.45) is 3.92. The minimum absolute atomic E-state index is 0.140. The van der Waals surface area contributed by atoms with Crippen LogP contribution in [-0.4, -0.2) is 34.8 Å². The lowest BCUT2D eigenvalue weighted by molar-refractivity contribution is -0.136. The zero-order chi connectivity index (χ0) is 20.3. The maximum Gasteiger partial charge on any atom is 0.325 e. The molecule has 1 saturated heterocycles. The Labute approximate surface area is 167 Å². The number of urea groups is 1. The number of hydrogen-bond acceptors (Lipinski definition) is 3. The summed E-state index contributed by atoms with van der Waals surface area (Å²) in [5.74, 6) is 0.406. The predicted molar refractivity (Wildman–Crippen MR) is 107 cm³/mol. The highest BCUT2D eigenvalue weighted by Gasteiger charge is 2.52. The third-order valence-corrected chi connectivity index (χ3v) is 5.92. The monoisotopic (exact) mass is 385 g/mol. The Kier molecular flexibility index (Phi) is 6.06. The average Bonchev–Trinajstić information content (AvgIpc) is 2.88. The van der Waals surface area contributed by atoms with Gasteiger partial charge in [0.25, 0.3) is 5.91 Å². The van der Waals surface area contributed by atoms with E-state index in [0.29, 0.717) is 24.7 Å². The molecule has 1 aliphatic heterocycles. The molecule has 2 aliphatic rings. The van der Waals surface area contributed by atoms with Crippen LogP contribution in [0.2, 0.25) is 0 Å². The van der Waals surface area contributed by atoms with Crippen LogP contribution in [-0.2, 0) is 9.59 Å². The lowest BCUT2D eigenvalue weighted by Gasteiger charge is -2.33. The molecular formula is C22H31N3O3. The quantitative estimate of drug-likeness (QED) is 0.737. The first-order valence-electron chi connectivity index (χ1n) is 10.3. The summed E-state index contributed by atoms with van der Waals surface area (Å²) in [5.41, 5.74) is 0.222. The molecule has 1 saturated carbocycles. The molecule has 1 heterocycles. The van der Waals surface area contributed by atoms with Crippen LogP contribution in [0.25, 0.3) is 0 Å². The molecule has 1 spiro atoms. The fourth-order valence-electron chi connectivity index (χ4n) is 4.23. The van der Waals surface area contributed by atoms with Crippen molar-refractivity contribution < 1.29 is 14.4 Å². The van der Waals surface area contributed by atoms with Gasteiger partial charge in [-0.05, 0) is 49.5 Å². The minimum Gasteiger partial charge on any atom is -0.348 e. The largest absolute Gasteiger partial charge is 0.348 e. The van der Waals surface area contributed by atoms with Crippen molar-refractivity contribution in [2.45, 2.75) is 64.5 Å². The van der Waals surface area contributed by atoms with Crippen LogP contribution in [0, 0.1) is 11.8 Å². The maximum atomic E-state index is 12.9. The van der Waals surface area contributed by atoms with Crippen LogP contribution in [0.15, 0.2) is 30.3 Å². The van der Waals surface area contributed by atoms with E-state index in [-0.39, 0.29) is 24.4 Å². The molecule has 6 heteroatoms. The highest BCUT2D eigenvalue weighted by Crippen LogP contribution is 2.36. The smallest absolute Gasteiger partial charge is 0.325 e. The zero-order valence-corrected chi connectivity index (χ0v) is 17.0. The maximum absolute atomic E-state index is 12.9. The number of amides is 4. The van der Waals surface area contributed by atoms with E-state index in [4.69, 9.17) is 0 Å². The summed E-state index contributed by atoms with van der Waals surface area (Å²) in [6, 6.07) is 9.21. The summed E-state index contributed by atoms with van der Waals surface area (Å²) in [5, 5.41) is 5.89. The Morgan fingerprint density at radius 3 is 2.46 bits per heavy atom. The summed E-state index contributed by atoms with van der Waals surface area (Å²) < 4.78 is 0. The number of hydrogen-bond donors (Lipinski definition) is 2. The Bertz CT molecular complexity index is 724. The number of benzene rings is 1. The van der Waals surface area contributed by atoms with Crippen molar-refractivity contribution in [1.29, 1.82) is 0 Å². The van der Waals surface area contributed by atoms with Gasteiger partial charge in [0.1, 0.15) is 12.1 Å². The van der Waals surface area contributed by atoms with Gasteiger partial charge in [-0.25, -0.2) is 4.79 Å². The third kappa shape index (κ3) is 4.37. The Morgan fingerprint density at radius 2 is 1.86 bits per heavy atom. The van der Waals surface area contributed by atoms with Crippen LogP contribution >= 0.6 is 0 Å². The summed E-state index contributed by atoms with van der Waals surface area (Å²) in [4.78, 5) is 39.1. The van der Waals surface area contributed by atoms with Crippen molar-refractivity contribution in [3.8, 4) is 0 Å². The molecule has 1 aliphatic carbocycles. The van der Waals surface area contributed by atoms with Gasteiger partial charge in [0, 0.05) is 0 Å². The molecule has 1 atom stereocenters. The van der Waals surface area contributed by atoms with E-state index >= 15 is 0 Å². The number of carbonyl (C=O) groups excluding carboxylic acids is 3. The molecule has 0 unspecified atom stereocenters. The van der Waals surface area contributed by atoms with Crippen LogP contribution in [0.4, 0.5) is 4.79 Å². The summed E-state index contributed by atoms with van der Waals surface area (Å²) >= 11 is 0. The molecule has 0 radical (unpaired) electrons. The van der Waals surface area contributed by atoms with Gasteiger partial charge in [-0.1, -0.05) is 51.1 Å². The second-order valence-corrected chi connectivity index (χ2v) is 8.75. The van der Waals surface area contributed by atoms with Gasteiger partial charge < -0.3 is 10.6 Å². The van der Waals surface area contributed by atoms with Crippen molar-refractivity contribution >= 4 is 17.8 Å². The third-order valence-electron chi connectivity index (χ3n) is 5.92. The van der Waals surface area contributed by atoms with Crippen molar-refractivity contribution in [2.75, 3.05) is 6.54 Å². The van der Waals surface area contributed by atoms with E-state index in [1.165, 1.54) is 0 Å². The van der Waals surface area contributed by atoms with E-state index in [1.54, 1.807) is 0 Å². The molecule has 1 aromatic rings. The number of imide groups is 1. The van der Waals surface area contributed by atoms with Crippen LogP contribution in [0.1, 0.15) is 64.5 Å². The Hall–Kier alpha value is -2.37. The number of rotatable bonds is 6. The highest BCUT2D eigenvalue weighted by molar-refractivity contribution is 6.09. The van der Waals surface area contributed by atoms with Crippen molar-refractivity contribution in [3.63, 3.8) is 0 Å². The van der Waals surface area contributed by atoms with Gasteiger partial charge in [-0.3, -0.25) is 14.5 Å². The molecule has 3 rings (SSSR count). The van der Waals surface area contributed by atoms with Crippen LogP contribution in [0.5, 0.6) is 0 Å². The van der Waals surface area contributed by atoms with Gasteiger partial charge in [0.2, 0.25) is 5.91 Å². The van der Waals surface area contributed by atoms with E-state index in [2.05, 4.69) is 31.4 Å². The number of nitrogens with zero attached hydrogens (tertiary/aromatic N) is 1. The molecular weight excluding hydrogens is 354 g/mol. The van der Waals surface area contributed by atoms with Crippen molar-refractivity contribution in [2.24, 2.45) is 11.8 Å². The highest BCUT2D eigenvalue weighted by atomic mass is 16.2. The van der Waals surface area contributed by atoms with Crippen LogP contribution in [0.3, 0.4) is 0 Å². The molecule has 6 nitrogen and oxygen atoms in total. The van der Waals surface area contributed by atoms with Crippen LogP contribution < -0.4 is 10.6 Å². The predicted octanol–water partition coefficient (Wildman–Crippen LogP) is 3.39. The molecule has 28 heavy (non-hydrogen) atoms. The van der Waals surface area contributed by atoms with Gasteiger partial charge in [-0.2, -0.15) is 0 Å². The van der Waals surface area contributed by atoms with Gasteiger partial charge in [0.05, 0.1) is 6.04 Å². The summed E-state index contributed by atoms with van der Waals surface area (Å²) in [7, 11) is 0. The lowest BCUT2D eigenvalue weighted by Crippen LogP contribution is -2.50. The first kappa shape index (κ1) is 20.4. The average molecular weight is 386 g/mol. The SMILES string of the molecule is CC(C)C[C@H](NC(=O)CN1C(=O)NC2(CCC(C)CC2)C1=O)c1ccccc1. The topological polar surface area (TPSA) is 78.5 Å². The second kappa shape index (κ2) is 8.33. The van der Waals surface area contributed by atoms with Gasteiger partial charge in [0.15, 0.2) is 0 Å². The molecule has 4 amide bonds. The normalized spacial score (nSPS) is 25.9. The fourth-order valence-corrected chi connectivity index (χ4v) is 4.23. The van der Waals surface area contributed by atoms with Crippen molar-refractivity contribution in [3.05, 3.63) is 35.9 Å². The molecule has 0 aromatic heterocycles.